The number of Topliss-reactive ketones (excluding diaryl/α,β-unsaturated/α-hetero) is 1. The molecule has 2 amide bonds. The fourth-order valence-electron chi connectivity index (χ4n) is 2.10. The Morgan fingerprint density at radius 2 is 2.11 bits per heavy atom. The van der Waals surface area contributed by atoms with Gasteiger partial charge in [-0.1, -0.05) is 13.8 Å². The Morgan fingerprint density at radius 3 is 2.68 bits per heavy atom. The van der Waals surface area contributed by atoms with E-state index in [4.69, 9.17) is 5.73 Å². The number of nitrogens with one attached hydrogen (secondary N) is 1. The maximum atomic E-state index is 11.9. The van der Waals surface area contributed by atoms with Crippen molar-refractivity contribution in [1.29, 1.82) is 0 Å². The van der Waals surface area contributed by atoms with Crippen LogP contribution in [-0.4, -0.2) is 48.2 Å². The summed E-state index contributed by atoms with van der Waals surface area (Å²) in [6.07, 6.45) is 1.19. The molecular formula is C13H23N3O3. The van der Waals surface area contributed by atoms with Crippen molar-refractivity contribution in [2.75, 3.05) is 13.6 Å². The molecule has 1 fully saturated rings. The van der Waals surface area contributed by atoms with Gasteiger partial charge in [-0.3, -0.25) is 14.4 Å². The molecule has 1 saturated heterocycles. The fraction of sp³-hybridized carbons (Fsp3) is 0.769. The largest absolute Gasteiger partial charge is 0.345 e. The van der Waals surface area contributed by atoms with E-state index in [1.54, 1.807) is 7.05 Å². The highest BCUT2D eigenvalue weighted by atomic mass is 16.2. The van der Waals surface area contributed by atoms with E-state index in [0.717, 1.165) is 0 Å². The van der Waals surface area contributed by atoms with E-state index in [2.05, 4.69) is 5.32 Å². The van der Waals surface area contributed by atoms with Gasteiger partial charge in [0.1, 0.15) is 0 Å². The molecule has 19 heavy (non-hydrogen) atoms. The van der Waals surface area contributed by atoms with Crippen molar-refractivity contribution >= 4 is 17.6 Å². The predicted molar refractivity (Wildman–Crippen MR) is 71.2 cm³/mol. The standard InChI is InChI=1S/C13H23N3O3/c1-8(2)6-9(14)13(19)15-10-4-5-12(18)16(3)7-11(10)17/h8-10H,4-7,14H2,1-3H3,(H,15,19)/t9-,10-/m0/s1. The van der Waals surface area contributed by atoms with Crippen LogP contribution in [0.25, 0.3) is 0 Å². The number of hydrogen-bond acceptors (Lipinski definition) is 4. The van der Waals surface area contributed by atoms with Crippen LogP contribution >= 0.6 is 0 Å². The molecule has 0 spiro atoms. The molecule has 0 saturated carbocycles. The SMILES string of the molecule is CC(C)C[C@H](N)C(=O)N[C@H]1CCC(=O)N(C)CC1=O. The molecule has 0 unspecified atom stereocenters. The minimum atomic E-state index is -0.607. The molecule has 0 radical (unpaired) electrons. The predicted octanol–water partition coefficient (Wildman–Crippen LogP) is -0.334. The van der Waals surface area contributed by atoms with E-state index < -0.39 is 12.1 Å². The van der Waals surface area contributed by atoms with Crippen molar-refractivity contribution in [3.05, 3.63) is 0 Å². The highest BCUT2D eigenvalue weighted by Crippen LogP contribution is 2.09. The number of rotatable bonds is 4. The Bertz CT molecular complexity index is 368. The van der Waals surface area contributed by atoms with Crippen molar-refractivity contribution in [2.24, 2.45) is 11.7 Å². The lowest BCUT2D eigenvalue weighted by Gasteiger charge is -2.19. The second-order valence-corrected chi connectivity index (χ2v) is 5.55. The van der Waals surface area contributed by atoms with E-state index in [1.807, 2.05) is 13.8 Å². The molecule has 3 N–H and O–H groups in total. The molecule has 1 rings (SSSR count). The van der Waals surface area contributed by atoms with E-state index in [9.17, 15) is 14.4 Å². The summed E-state index contributed by atoms with van der Waals surface area (Å²) >= 11 is 0. The lowest BCUT2D eigenvalue weighted by Crippen LogP contribution is -2.49. The first kappa shape index (κ1) is 15.6. The first-order valence-electron chi connectivity index (χ1n) is 6.64. The number of nitrogens with zero attached hydrogens (tertiary/aromatic N) is 1. The number of nitrogens with two attached hydrogens (primary N) is 1. The lowest BCUT2D eigenvalue weighted by molar-refractivity contribution is -0.132. The van der Waals surface area contributed by atoms with Crippen LogP contribution < -0.4 is 11.1 Å². The Morgan fingerprint density at radius 1 is 1.47 bits per heavy atom. The zero-order valence-corrected chi connectivity index (χ0v) is 11.8. The third-order valence-corrected chi connectivity index (χ3v) is 3.23. The van der Waals surface area contributed by atoms with Gasteiger partial charge in [0.15, 0.2) is 5.78 Å². The molecule has 1 aliphatic rings. The first-order chi connectivity index (χ1) is 8.81. The van der Waals surface area contributed by atoms with E-state index in [1.165, 1.54) is 4.90 Å². The van der Waals surface area contributed by atoms with E-state index >= 15 is 0 Å². The minimum Gasteiger partial charge on any atom is -0.345 e. The summed E-state index contributed by atoms with van der Waals surface area (Å²) in [6, 6.07) is -1.20. The second kappa shape index (κ2) is 6.65. The number of hydrogen-bond donors (Lipinski definition) is 2. The Labute approximate surface area is 113 Å². The average molecular weight is 269 g/mol. The first-order valence-corrected chi connectivity index (χ1v) is 6.64. The van der Waals surface area contributed by atoms with Gasteiger partial charge in [0, 0.05) is 13.5 Å². The molecule has 6 heteroatoms. The molecule has 1 heterocycles. The highest BCUT2D eigenvalue weighted by Gasteiger charge is 2.29. The van der Waals surface area contributed by atoms with Crippen molar-refractivity contribution in [3.63, 3.8) is 0 Å². The Balaban J connectivity index is 2.58. The third kappa shape index (κ3) is 4.63. The van der Waals surface area contributed by atoms with Crippen LogP contribution in [0.3, 0.4) is 0 Å². The maximum Gasteiger partial charge on any atom is 0.237 e. The van der Waals surface area contributed by atoms with Gasteiger partial charge in [0.05, 0.1) is 18.6 Å². The quantitative estimate of drug-likeness (QED) is 0.730. The van der Waals surface area contributed by atoms with Gasteiger partial charge in [-0.2, -0.15) is 0 Å². The minimum absolute atomic E-state index is 0.0448. The molecule has 0 aromatic heterocycles. The summed E-state index contributed by atoms with van der Waals surface area (Å²) in [4.78, 5) is 36.7. The van der Waals surface area contributed by atoms with Crippen molar-refractivity contribution in [2.45, 2.75) is 45.2 Å². The van der Waals surface area contributed by atoms with Gasteiger partial charge < -0.3 is 16.0 Å². The van der Waals surface area contributed by atoms with Crippen molar-refractivity contribution < 1.29 is 14.4 Å². The summed E-state index contributed by atoms with van der Waals surface area (Å²) in [6.45, 7) is 4.01. The number of amides is 2. The fourth-order valence-corrected chi connectivity index (χ4v) is 2.10. The van der Waals surface area contributed by atoms with Gasteiger partial charge in [-0.25, -0.2) is 0 Å². The smallest absolute Gasteiger partial charge is 0.237 e. The molecule has 0 aliphatic carbocycles. The number of likely N-dealkylation sites (N-methyl/N-ethyl adjacent to an activating group) is 1. The molecule has 0 aromatic carbocycles. The third-order valence-electron chi connectivity index (χ3n) is 3.23. The normalized spacial score (nSPS) is 22.4. The Hall–Kier alpha value is -1.43. The van der Waals surface area contributed by atoms with Crippen LogP contribution in [0.1, 0.15) is 33.1 Å². The number of carbonyl (C=O) groups is 3. The van der Waals surface area contributed by atoms with Gasteiger partial charge in [0.2, 0.25) is 11.8 Å². The monoisotopic (exact) mass is 269 g/mol. The molecule has 0 bridgehead atoms. The van der Waals surface area contributed by atoms with Crippen LogP contribution in [0, 0.1) is 5.92 Å². The van der Waals surface area contributed by atoms with Crippen molar-refractivity contribution in [1.82, 2.24) is 10.2 Å². The molecule has 6 nitrogen and oxygen atoms in total. The topological polar surface area (TPSA) is 92.5 Å². The molecule has 1 aliphatic heterocycles. The van der Waals surface area contributed by atoms with E-state index in [-0.39, 0.29) is 30.6 Å². The molecular weight excluding hydrogens is 246 g/mol. The maximum absolute atomic E-state index is 11.9. The van der Waals surface area contributed by atoms with Crippen molar-refractivity contribution in [3.8, 4) is 0 Å². The van der Waals surface area contributed by atoms with Crippen LogP contribution in [-0.2, 0) is 14.4 Å². The van der Waals surface area contributed by atoms with Gasteiger partial charge in [0.25, 0.3) is 0 Å². The zero-order valence-electron chi connectivity index (χ0n) is 11.8. The summed E-state index contributed by atoms with van der Waals surface area (Å²) < 4.78 is 0. The van der Waals surface area contributed by atoms with Gasteiger partial charge >= 0.3 is 0 Å². The van der Waals surface area contributed by atoms with Crippen LogP contribution in [0.5, 0.6) is 0 Å². The molecule has 2 atom stereocenters. The summed E-state index contributed by atoms with van der Waals surface area (Å²) in [5, 5.41) is 2.66. The molecule has 108 valence electrons. The molecule has 0 aromatic rings. The lowest BCUT2D eigenvalue weighted by atomic mass is 10.0. The van der Waals surface area contributed by atoms with Crippen LogP contribution in [0.4, 0.5) is 0 Å². The van der Waals surface area contributed by atoms with Crippen LogP contribution in [0.15, 0.2) is 0 Å². The van der Waals surface area contributed by atoms with E-state index in [0.29, 0.717) is 18.8 Å². The summed E-state index contributed by atoms with van der Waals surface area (Å²) in [7, 11) is 1.59. The van der Waals surface area contributed by atoms with Gasteiger partial charge in [-0.05, 0) is 18.8 Å². The number of carbonyl (C=O) groups excluding carboxylic acids is 3. The summed E-state index contributed by atoms with van der Waals surface area (Å²) in [5.74, 6) is -0.211. The number of ketones is 1. The van der Waals surface area contributed by atoms with Gasteiger partial charge in [-0.15, -0.1) is 0 Å². The number of likely N-dealkylation sites (tertiary alicyclic amines) is 1. The zero-order chi connectivity index (χ0) is 14.6. The average Bonchev–Trinajstić information content (AvgIpc) is 2.42. The highest BCUT2D eigenvalue weighted by molar-refractivity contribution is 5.95. The second-order valence-electron chi connectivity index (χ2n) is 5.55. The summed E-state index contributed by atoms with van der Waals surface area (Å²) in [5.41, 5.74) is 5.77. The Kier molecular flexibility index (Phi) is 5.47. The van der Waals surface area contributed by atoms with Crippen LogP contribution in [0.2, 0.25) is 0 Å².